The fourth-order valence-electron chi connectivity index (χ4n) is 1.85. The topological polar surface area (TPSA) is 33.0 Å². The van der Waals surface area contributed by atoms with E-state index >= 15 is 0 Å². The van der Waals surface area contributed by atoms with Crippen LogP contribution in [0.25, 0.3) is 0 Å². The molecule has 1 rings (SSSR count). The maximum absolute atomic E-state index is 8.88. The molecule has 0 amide bonds. The summed E-state index contributed by atoms with van der Waals surface area (Å²) in [5, 5.41) is 8.28. The van der Waals surface area contributed by atoms with Crippen LogP contribution in [0, 0.1) is 11.3 Å². The normalized spacial score (nSPS) is 34.9. The Bertz CT molecular complexity index is 202. The quantitative estimate of drug-likeness (QED) is 0.478. The molecule has 0 N–H and O–H groups in total. The zero-order valence-electron chi connectivity index (χ0n) is 8.25. The summed E-state index contributed by atoms with van der Waals surface area (Å²) < 4.78 is 5.54. The van der Waals surface area contributed by atoms with E-state index in [0.29, 0.717) is 6.10 Å². The SMILES string of the molecule is [B]C1(C#N)CCCC(OCC)CC1. The van der Waals surface area contributed by atoms with Crippen LogP contribution in [0.4, 0.5) is 0 Å². The molecule has 0 aromatic rings. The summed E-state index contributed by atoms with van der Waals surface area (Å²) in [5.41, 5.74) is 0. The van der Waals surface area contributed by atoms with Crippen molar-refractivity contribution in [3.63, 3.8) is 0 Å². The molecule has 0 spiro atoms. The minimum atomic E-state index is -0.591. The second kappa shape index (κ2) is 4.67. The van der Waals surface area contributed by atoms with E-state index in [9.17, 15) is 0 Å². The molecule has 1 aliphatic carbocycles. The van der Waals surface area contributed by atoms with Crippen molar-refractivity contribution < 1.29 is 4.74 Å². The summed E-state index contributed by atoms with van der Waals surface area (Å²) >= 11 is 0. The first kappa shape index (κ1) is 10.6. The Labute approximate surface area is 81.7 Å². The molecule has 0 aliphatic heterocycles. The summed E-state index contributed by atoms with van der Waals surface area (Å²) in [7, 11) is 5.90. The third-order valence-electron chi connectivity index (χ3n) is 2.69. The molecule has 1 aliphatic rings. The van der Waals surface area contributed by atoms with Gasteiger partial charge in [-0.05, 0) is 32.6 Å². The van der Waals surface area contributed by atoms with Crippen LogP contribution in [0.3, 0.4) is 0 Å². The molecule has 2 nitrogen and oxygen atoms in total. The molecule has 1 fully saturated rings. The minimum absolute atomic E-state index is 0.323. The fourth-order valence-corrected chi connectivity index (χ4v) is 1.85. The Hall–Kier alpha value is -0.485. The molecule has 0 bridgehead atoms. The van der Waals surface area contributed by atoms with E-state index in [0.717, 1.165) is 38.7 Å². The largest absolute Gasteiger partial charge is 0.379 e. The highest BCUT2D eigenvalue weighted by atomic mass is 16.5. The van der Waals surface area contributed by atoms with Gasteiger partial charge in [-0.15, -0.1) is 0 Å². The molecule has 2 atom stereocenters. The average molecular weight is 177 g/mol. The molecule has 0 aromatic heterocycles. The third kappa shape index (κ3) is 3.04. The number of hydrogen-bond donors (Lipinski definition) is 0. The van der Waals surface area contributed by atoms with Crippen LogP contribution in [-0.4, -0.2) is 20.6 Å². The van der Waals surface area contributed by atoms with Gasteiger partial charge in [0, 0.05) is 11.9 Å². The lowest BCUT2D eigenvalue weighted by Gasteiger charge is -2.19. The highest BCUT2D eigenvalue weighted by Crippen LogP contribution is 2.38. The van der Waals surface area contributed by atoms with Crippen molar-refractivity contribution in [1.82, 2.24) is 0 Å². The van der Waals surface area contributed by atoms with Crippen molar-refractivity contribution >= 4 is 7.85 Å². The predicted molar refractivity (Wildman–Crippen MR) is 52.6 cm³/mol. The summed E-state index contributed by atoms with van der Waals surface area (Å²) in [6, 6.07) is 2.21. The molecular formula is C10H16BNO. The second-order valence-corrected chi connectivity index (χ2v) is 3.78. The van der Waals surface area contributed by atoms with E-state index in [4.69, 9.17) is 17.8 Å². The van der Waals surface area contributed by atoms with Crippen molar-refractivity contribution in [1.29, 1.82) is 5.26 Å². The Kier molecular flexibility index (Phi) is 3.80. The highest BCUT2D eigenvalue weighted by Gasteiger charge is 2.27. The summed E-state index contributed by atoms with van der Waals surface area (Å²) in [5.74, 6) is 0. The van der Waals surface area contributed by atoms with Gasteiger partial charge in [0.1, 0.15) is 0 Å². The number of ether oxygens (including phenoxy) is 1. The molecular weight excluding hydrogens is 161 g/mol. The first-order valence-electron chi connectivity index (χ1n) is 5.02. The summed E-state index contributed by atoms with van der Waals surface area (Å²) in [4.78, 5) is 0. The number of nitrogens with zero attached hydrogens (tertiary/aromatic N) is 1. The van der Waals surface area contributed by atoms with Crippen LogP contribution in [0.1, 0.15) is 39.0 Å². The highest BCUT2D eigenvalue weighted by molar-refractivity contribution is 6.17. The van der Waals surface area contributed by atoms with E-state index in [-0.39, 0.29) is 0 Å². The van der Waals surface area contributed by atoms with Gasteiger partial charge in [0.2, 0.25) is 0 Å². The Balaban J connectivity index is 2.45. The van der Waals surface area contributed by atoms with Crippen molar-refractivity contribution in [2.24, 2.45) is 0 Å². The van der Waals surface area contributed by atoms with E-state index in [1.807, 2.05) is 6.92 Å². The van der Waals surface area contributed by atoms with E-state index in [1.54, 1.807) is 0 Å². The van der Waals surface area contributed by atoms with Gasteiger partial charge in [-0.3, -0.25) is 0 Å². The summed E-state index contributed by atoms with van der Waals surface area (Å²) in [6.07, 6.45) is 4.89. The van der Waals surface area contributed by atoms with Crippen LogP contribution in [0.5, 0.6) is 0 Å². The molecule has 0 saturated heterocycles. The van der Waals surface area contributed by atoms with Crippen molar-refractivity contribution in [3.8, 4) is 6.07 Å². The van der Waals surface area contributed by atoms with E-state index < -0.39 is 5.31 Å². The molecule has 13 heavy (non-hydrogen) atoms. The first-order chi connectivity index (χ1) is 6.20. The van der Waals surface area contributed by atoms with Crippen molar-refractivity contribution in [3.05, 3.63) is 0 Å². The van der Waals surface area contributed by atoms with Crippen LogP contribution in [-0.2, 0) is 4.74 Å². The average Bonchev–Trinajstić information content (AvgIpc) is 2.31. The Morgan fingerprint density at radius 1 is 1.54 bits per heavy atom. The lowest BCUT2D eigenvalue weighted by Crippen LogP contribution is -2.13. The monoisotopic (exact) mass is 177 g/mol. The van der Waals surface area contributed by atoms with Gasteiger partial charge < -0.3 is 4.74 Å². The van der Waals surface area contributed by atoms with Crippen LogP contribution in [0.15, 0.2) is 0 Å². The first-order valence-corrected chi connectivity index (χ1v) is 5.02. The summed E-state index contributed by atoms with van der Waals surface area (Å²) in [6.45, 7) is 2.76. The van der Waals surface area contributed by atoms with Crippen LogP contribution < -0.4 is 0 Å². The van der Waals surface area contributed by atoms with E-state index in [2.05, 4.69) is 6.07 Å². The van der Waals surface area contributed by atoms with Gasteiger partial charge in [-0.2, -0.15) is 5.26 Å². The standard InChI is InChI=1S/C10H16BNO/c1-2-13-9-4-3-6-10(11,8-12)7-5-9/h9H,2-7H2,1H3. The smallest absolute Gasteiger partial charge is 0.0951 e. The van der Waals surface area contributed by atoms with Gasteiger partial charge in [-0.25, -0.2) is 0 Å². The Morgan fingerprint density at radius 3 is 2.92 bits per heavy atom. The molecule has 0 aromatic carbocycles. The molecule has 2 radical (unpaired) electrons. The molecule has 2 unspecified atom stereocenters. The zero-order valence-corrected chi connectivity index (χ0v) is 8.25. The number of nitriles is 1. The molecule has 70 valence electrons. The third-order valence-corrected chi connectivity index (χ3v) is 2.69. The fraction of sp³-hybridized carbons (Fsp3) is 0.900. The lowest BCUT2D eigenvalue weighted by molar-refractivity contribution is 0.0522. The number of rotatable bonds is 2. The van der Waals surface area contributed by atoms with Crippen molar-refractivity contribution in [2.75, 3.05) is 6.61 Å². The van der Waals surface area contributed by atoms with Crippen molar-refractivity contribution in [2.45, 2.75) is 50.4 Å². The minimum Gasteiger partial charge on any atom is -0.379 e. The van der Waals surface area contributed by atoms with Gasteiger partial charge in [0.25, 0.3) is 0 Å². The van der Waals surface area contributed by atoms with Gasteiger partial charge in [0.15, 0.2) is 0 Å². The van der Waals surface area contributed by atoms with Gasteiger partial charge in [0.05, 0.1) is 20.0 Å². The Morgan fingerprint density at radius 2 is 2.31 bits per heavy atom. The number of hydrogen-bond acceptors (Lipinski definition) is 2. The van der Waals surface area contributed by atoms with Gasteiger partial charge in [-0.1, -0.05) is 6.42 Å². The van der Waals surface area contributed by atoms with Crippen LogP contribution >= 0.6 is 0 Å². The molecule has 1 saturated carbocycles. The molecule has 3 heteroatoms. The van der Waals surface area contributed by atoms with Crippen LogP contribution in [0.2, 0.25) is 5.31 Å². The lowest BCUT2D eigenvalue weighted by atomic mass is 9.65. The maximum atomic E-state index is 8.88. The predicted octanol–water partition coefficient (Wildman–Crippen LogP) is 2.21. The zero-order chi connectivity index (χ0) is 9.73. The molecule has 0 heterocycles. The second-order valence-electron chi connectivity index (χ2n) is 3.78. The van der Waals surface area contributed by atoms with Gasteiger partial charge >= 0.3 is 0 Å². The maximum Gasteiger partial charge on any atom is 0.0951 e. The van der Waals surface area contributed by atoms with E-state index in [1.165, 1.54) is 0 Å².